The van der Waals surface area contributed by atoms with Gasteiger partial charge in [-0.05, 0) is 37.6 Å². The van der Waals surface area contributed by atoms with Crippen LogP contribution in [-0.2, 0) is 17.1 Å². The van der Waals surface area contributed by atoms with Gasteiger partial charge in [-0.15, -0.1) is 0 Å². The fraction of sp³-hybridized carbons (Fsp3) is 0.294. The molecule has 12 heteroatoms. The molecule has 0 aliphatic rings. The highest BCUT2D eigenvalue weighted by molar-refractivity contribution is 7.89. The molecule has 1 unspecified atom stereocenters. The van der Waals surface area contributed by atoms with Gasteiger partial charge in [-0.1, -0.05) is 0 Å². The molecule has 1 aromatic heterocycles. The average Bonchev–Trinajstić information content (AvgIpc) is 2.90. The van der Waals surface area contributed by atoms with Crippen LogP contribution in [0.25, 0.3) is 0 Å². The topological polar surface area (TPSA) is 104 Å². The fourth-order valence-corrected chi connectivity index (χ4v) is 4.08. The van der Waals surface area contributed by atoms with Crippen molar-refractivity contribution in [2.24, 2.45) is 7.05 Å². The summed E-state index contributed by atoms with van der Waals surface area (Å²) in [6.07, 6.45) is -3.77. The molecule has 0 fully saturated rings. The van der Waals surface area contributed by atoms with Gasteiger partial charge in [0.1, 0.15) is 28.5 Å². The molecule has 2 aromatic rings. The van der Waals surface area contributed by atoms with E-state index < -0.39 is 38.9 Å². The number of rotatable bonds is 5. The normalized spacial score (nSPS) is 13.0. The fourth-order valence-electron chi connectivity index (χ4n) is 2.56. The third-order valence-corrected chi connectivity index (χ3v) is 5.72. The highest BCUT2D eigenvalue weighted by Gasteiger charge is 2.39. The van der Waals surface area contributed by atoms with E-state index in [2.05, 4.69) is 5.32 Å². The molecule has 0 aliphatic carbocycles. The van der Waals surface area contributed by atoms with E-state index in [9.17, 15) is 30.8 Å². The number of halogens is 4. The van der Waals surface area contributed by atoms with Crippen LogP contribution >= 0.6 is 0 Å². The number of benzene rings is 1. The van der Waals surface area contributed by atoms with Crippen LogP contribution in [0.1, 0.15) is 28.5 Å². The maximum Gasteiger partial charge on any atom is 0.404 e. The number of aryl methyl sites for hydroxylation is 1. The van der Waals surface area contributed by atoms with Crippen LogP contribution in [-0.4, -0.2) is 31.1 Å². The first-order valence-corrected chi connectivity index (χ1v) is 9.52. The zero-order valence-corrected chi connectivity index (χ0v) is 16.2. The van der Waals surface area contributed by atoms with E-state index in [4.69, 9.17) is 5.26 Å². The zero-order valence-electron chi connectivity index (χ0n) is 15.4. The zero-order chi connectivity index (χ0) is 22.1. The number of nitrogens with zero attached hydrogens (tertiary/aromatic N) is 2. The number of hydrogen-bond donors (Lipinski definition) is 2. The lowest BCUT2D eigenvalue weighted by molar-refractivity contribution is -0.147. The third-order valence-electron chi connectivity index (χ3n) is 4.06. The van der Waals surface area contributed by atoms with Crippen molar-refractivity contribution >= 4 is 21.6 Å². The number of carbonyl (C=O) groups excluding carboxylic acids is 1. The highest BCUT2D eigenvalue weighted by atomic mass is 32.2. The van der Waals surface area contributed by atoms with Gasteiger partial charge in [0, 0.05) is 18.9 Å². The van der Waals surface area contributed by atoms with Gasteiger partial charge in [0.2, 0.25) is 10.0 Å². The SMILES string of the molecule is Cc1c(S(=O)(=O)NC(C)C(F)(F)F)cn(C)c1C(=O)Nc1ccc(F)c(C#N)c1. The summed E-state index contributed by atoms with van der Waals surface area (Å²) in [4.78, 5) is 12.1. The van der Waals surface area contributed by atoms with Gasteiger partial charge in [-0.2, -0.15) is 23.2 Å². The van der Waals surface area contributed by atoms with Crippen LogP contribution in [0.5, 0.6) is 0 Å². The van der Waals surface area contributed by atoms with E-state index in [-0.39, 0.29) is 22.5 Å². The first-order chi connectivity index (χ1) is 13.3. The standard InChI is InChI=1S/C17H16F4N4O3S/c1-9-14(29(27,28)24-10(2)17(19,20)21)8-25(3)15(9)16(26)23-12-4-5-13(18)11(6-12)7-22/h4-6,8,10,24H,1-3H3,(H,23,26). The summed E-state index contributed by atoms with van der Waals surface area (Å²) in [5.41, 5.74) is -0.427. The smallest absolute Gasteiger partial charge is 0.345 e. The molecule has 2 rings (SSSR count). The summed E-state index contributed by atoms with van der Waals surface area (Å²) in [6, 6.07) is 2.56. The Bertz CT molecular complexity index is 1100. The Morgan fingerprint density at radius 3 is 2.48 bits per heavy atom. The van der Waals surface area contributed by atoms with Crippen LogP contribution < -0.4 is 10.0 Å². The molecule has 29 heavy (non-hydrogen) atoms. The average molecular weight is 432 g/mol. The molecule has 7 nitrogen and oxygen atoms in total. The van der Waals surface area contributed by atoms with Crippen molar-refractivity contribution in [2.75, 3.05) is 5.32 Å². The van der Waals surface area contributed by atoms with Crippen LogP contribution in [0.4, 0.5) is 23.2 Å². The number of aromatic nitrogens is 1. The summed E-state index contributed by atoms with van der Waals surface area (Å²) in [5, 5.41) is 11.2. The van der Waals surface area contributed by atoms with E-state index in [0.29, 0.717) is 6.92 Å². The number of amides is 1. The van der Waals surface area contributed by atoms with Crippen LogP contribution in [0.15, 0.2) is 29.3 Å². The highest BCUT2D eigenvalue weighted by Crippen LogP contribution is 2.25. The molecule has 1 amide bonds. The second kappa shape index (κ2) is 7.84. The molecule has 0 saturated heterocycles. The predicted octanol–water partition coefficient (Wildman–Crippen LogP) is 2.83. The Labute approximate surface area is 164 Å². The number of nitrogens with one attached hydrogen (secondary N) is 2. The Hall–Kier alpha value is -2.91. The molecule has 0 radical (unpaired) electrons. The Balaban J connectivity index is 2.36. The number of hydrogen-bond acceptors (Lipinski definition) is 4. The lowest BCUT2D eigenvalue weighted by atomic mass is 10.2. The van der Waals surface area contributed by atoms with E-state index in [1.54, 1.807) is 6.07 Å². The minimum absolute atomic E-state index is 0.0745. The first-order valence-electron chi connectivity index (χ1n) is 8.04. The Morgan fingerprint density at radius 2 is 1.93 bits per heavy atom. The van der Waals surface area contributed by atoms with Crippen molar-refractivity contribution in [1.82, 2.24) is 9.29 Å². The van der Waals surface area contributed by atoms with Crippen molar-refractivity contribution in [2.45, 2.75) is 31.0 Å². The molecular weight excluding hydrogens is 416 g/mol. The summed E-state index contributed by atoms with van der Waals surface area (Å²) >= 11 is 0. The second-order valence-electron chi connectivity index (χ2n) is 6.22. The van der Waals surface area contributed by atoms with Crippen molar-refractivity contribution in [1.29, 1.82) is 5.26 Å². The molecule has 0 saturated carbocycles. The molecule has 0 aliphatic heterocycles. The molecule has 1 aromatic carbocycles. The maximum absolute atomic E-state index is 13.4. The van der Waals surface area contributed by atoms with Crippen molar-refractivity contribution in [3.63, 3.8) is 0 Å². The molecule has 156 valence electrons. The van der Waals surface area contributed by atoms with Crippen molar-refractivity contribution in [3.8, 4) is 6.07 Å². The lowest BCUT2D eigenvalue weighted by Gasteiger charge is -2.17. The quantitative estimate of drug-likeness (QED) is 0.709. The van der Waals surface area contributed by atoms with Crippen molar-refractivity contribution < 1.29 is 30.8 Å². The van der Waals surface area contributed by atoms with Gasteiger partial charge in [0.15, 0.2) is 0 Å². The molecule has 2 N–H and O–H groups in total. The van der Waals surface area contributed by atoms with E-state index in [1.807, 2.05) is 0 Å². The summed E-state index contributed by atoms with van der Waals surface area (Å²) in [7, 11) is -3.21. The summed E-state index contributed by atoms with van der Waals surface area (Å²) < 4.78 is 78.8. The number of nitriles is 1. The molecule has 0 bridgehead atoms. The van der Waals surface area contributed by atoms with Crippen LogP contribution in [0.3, 0.4) is 0 Å². The monoisotopic (exact) mass is 432 g/mol. The third kappa shape index (κ3) is 4.75. The first kappa shape index (κ1) is 22.4. The van der Waals surface area contributed by atoms with E-state index >= 15 is 0 Å². The van der Waals surface area contributed by atoms with Crippen LogP contribution in [0.2, 0.25) is 0 Å². The molecule has 0 spiro atoms. The molecule has 1 atom stereocenters. The molecule has 1 heterocycles. The minimum atomic E-state index is -4.78. The maximum atomic E-state index is 13.4. The van der Waals surface area contributed by atoms with E-state index in [1.165, 1.54) is 24.8 Å². The largest absolute Gasteiger partial charge is 0.404 e. The number of anilines is 1. The number of carbonyl (C=O) groups is 1. The lowest BCUT2D eigenvalue weighted by Crippen LogP contribution is -2.43. The van der Waals surface area contributed by atoms with Crippen molar-refractivity contribution in [3.05, 3.63) is 47.0 Å². The van der Waals surface area contributed by atoms with Gasteiger partial charge >= 0.3 is 6.18 Å². The predicted molar refractivity (Wildman–Crippen MR) is 95.1 cm³/mol. The van der Waals surface area contributed by atoms with Crippen LogP contribution in [0, 0.1) is 24.1 Å². The second-order valence-corrected chi connectivity index (χ2v) is 7.91. The number of alkyl halides is 3. The van der Waals surface area contributed by atoms with Gasteiger partial charge in [-0.3, -0.25) is 4.79 Å². The molecular formula is C17H16F4N4O3S. The Kier molecular flexibility index (Phi) is 6.05. The Morgan fingerprint density at radius 1 is 1.31 bits per heavy atom. The summed E-state index contributed by atoms with van der Waals surface area (Å²) in [6.45, 7) is 1.93. The van der Waals surface area contributed by atoms with Gasteiger partial charge < -0.3 is 9.88 Å². The number of sulfonamides is 1. The minimum Gasteiger partial charge on any atom is -0.345 e. The summed E-state index contributed by atoms with van der Waals surface area (Å²) in [5.74, 6) is -1.57. The van der Waals surface area contributed by atoms with E-state index in [0.717, 1.165) is 22.9 Å². The van der Waals surface area contributed by atoms with Gasteiger partial charge in [-0.25, -0.2) is 12.8 Å². The van der Waals surface area contributed by atoms with Gasteiger partial charge in [0.25, 0.3) is 5.91 Å². The van der Waals surface area contributed by atoms with Gasteiger partial charge in [0.05, 0.1) is 5.56 Å².